The summed E-state index contributed by atoms with van der Waals surface area (Å²) >= 11 is 2.97. The smallest absolute Gasteiger partial charge is 0.207 e. The molecule has 0 aliphatic heterocycles. The Morgan fingerprint density at radius 2 is 2.12 bits per heavy atom. The molecule has 0 radical (unpaired) electrons. The third kappa shape index (κ3) is 2.80. The molecule has 0 aliphatic carbocycles. The lowest BCUT2D eigenvalue weighted by Gasteiger charge is -2.18. The third-order valence-corrected chi connectivity index (χ3v) is 5.34. The first-order valence-corrected chi connectivity index (χ1v) is 7.63. The van der Waals surface area contributed by atoms with E-state index in [0.717, 1.165) is 6.07 Å². The van der Waals surface area contributed by atoms with E-state index in [-0.39, 0.29) is 9.37 Å². The van der Waals surface area contributed by atoms with Gasteiger partial charge in [0.25, 0.3) is 0 Å². The van der Waals surface area contributed by atoms with Crippen LogP contribution in [0.2, 0.25) is 0 Å². The van der Waals surface area contributed by atoms with E-state index in [1.807, 2.05) is 0 Å². The Kier molecular flexibility index (Phi) is 4.86. The Balaban J connectivity index is 3.22. The quantitative estimate of drug-likeness (QED) is 0.796. The van der Waals surface area contributed by atoms with Gasteiger partial charge >= 0.3 is 0 Å². The number of hydrogen-bond donors (Lipinski definition) is 0. The highest BCUT2D eigenvalue weighted by molar-refractivity contribution is 9.10. The molecule has 1 aromatic rings. The molecular weight excluding hydrogens is 316 g/mol. The molecule has 16 heavy (non-hydrogen) atoms. The average molecular weight is 328 g/mol. The molecule has 1 aromatic carbocycles. The van der Waals surface area contributed by atoms with Crippen molar-refractivity contribution in [2.75, 3.05) is 12.8 Å². The molecule has 1 atom stereocenters. The molecule has 0 saturated heterocycles. The third-order valence-electron chi connectivity index (χ3n) is 2.09. The lowest BCUT2D eigenvalue weighted by molar-refractivity contribution is 0.475. The van der Waals surface area contributed by atoms with Gasteiger partial charge in [0.05, 0.1) is 9.37 Å². The summed E-state index contributed by atoms with van der Waals surface area (Å²) in [5.74, 6) is -0.479. The van der Waals surface area contributed by atoms with Gasteiger partial charge in [-0.25, -0.2) is 12.8 Å². The number of halogens is 2. The van der Waals surface area contributed by atoms with Crippen LogP contribution in [0.25, 0.3) is 0 Å². The summed E-state index contributed by atoms with van der Waals surface area (Å²) in [6, 6.07) is 3.67. The molecule has 90 valence electrons. The molecule has 3 nitrogen and oxygen atoms in total. The Bertz CT molecular complexity index is 476. The first-order valence-electron chi connectivity index (χ1n) is 4.58. The highest BCUT2D eigenvalue weighted by atomic mass is 79.9. The maximum absolute atomic E-state index is 13.0. The summed E-state index contributed by atoms with van der Waals surface area (Å²) < 4.78 is 38.5. The Labute approximate surface area is 105 Å². The zero-order chi connectivity index (χ0) is 12.3. The molecule has 0 spiro atoms. The normalized spacial score (nSPS) is 12.1. The van der Waals surface area contributed by atoms with Crippen LogP contribution in [0.1, 0.15) is 6.92 Å². The summed E-state index contributed by atoms with van der Waals surface area (Å²) in [5, 5.41) is 0. The van der Waals surface area contributed by atoms with E-state index in [1.54, 1.807) is 6.92 Å². The number of rotatable bonds is 4. The highest BCUT2D eigenvalue weighted by Gasteiger charge is 2.22. The van der Waals surface area contributed by atoms with Crippen molar-refractivity contribution in [2.24, 2.45) is 0 Å². The van der Waals surface area contributed by atoms with Crippen LogP contribution in [0.4, 0.5) is 4.39 Å². The van der Waals surface area contributed by atoms with Crippen molar-refractivity contribution < 1.29 is 12.8 Å². The van der Waals surface area contributed by atoms with Gasteiger partial charge in [0.1, 0.15) is 5.82 Å². The minimum absolute atomic E-state index is 0.0880. The van der Waals surface area contributed by atoms with Crippen LogP contribution in [0, 0.1) is 5.82 Å². The number of nitrogens with zero attached hydrogens (tertiary/aromatic N) is 1. The first kappa shape index (κ1) is 14.0. The van der Waals surface area contributed by atoms with E-state index < -0.39 is 15.8 Å². The maximum Gasteiger partial charge on any atom is 0.243 e. The van der Waals surface area contributed by atoms with Gasteiger partial charge in [-0.3, -0.25) is 0 Å². The van der Waals surface area contributed by atoms with Crippen molar-refractivity contribution in [1.29, 1.82) is 0 Å². The van der Waals surface area contributed by atoms with Crippen LogP contribution in [0.15, 0.2) is 27.6 Å². The number of sulfonamides is 1. The van der Waals surface area contributed by atoms with E-state index in [0.29, 0.717) is 12.8 Å². The van der Waals surface area contributed by atoms with Crippen LogP contribution < -0.4 is 0 Å². The second kappa shape index (κ2) is 5.54. The van der Waals surface area contributed by atoms with Crippen LogP contribution in [0.3, 0.4) is 0 Å². The van der Waals surface area contributed by atoms with Gasteiger partial charge in [-0.1, -0.05) is 6.92 Å². The number of benzene rings is 1. The predicted octanol–water partition coefficient (Wildman–Crippen LogP) is 2.43. The highest BCUT2D eigenvalue weighted by Crippen LogP contribution is 2.22. The summed E-state index contributed by atoms with van der Waals surface area (Å²) in [6.45, 7) is 2.13. The van der Waals surface area contributed by atoms with Crippen LogP contribution in [0.5, 0.6) is 0 Å². The van der Waals surface area contributed by atoms with Crippen molar-refractivity contribution in [1.82, 2.24) is 4.31 Å². The van der Waals surface area contributed by atoms with Gasteiger partial charge in [0, 0.05) is 12.8 Å². The fourth-order valence-corrected chi connectivity index (χ4v) is 3.90. The molecule has 0 aromatic heterocycles. The molecule has 0 saturated carbocycles. The topological polar surface area (TPSA) is 37.4 Å². The molecule has 1 rings (SSSR count). The van der Waals surface area contributed by atoms with Crippen molar-refractivity contribution in [3.63, 3.8) is 0 Å². The van der Waals surface area contributed by atoms with Crippen molar-refractivity contribution in [2.45, 2.75) is 11.8 Å². The summed E-state index contributed by atoms with van der Waals surface area (Å²) in [4.78, 5) is 0.0880. The molecule has 0 N–H and O–H groups in total. The van der Waals surface area contributed by atoms with Gasteiger partial charge < -0.3 is 0 Å². The van der Waals surface area contributed by atoms with Gasteiger partial charge in [-0.2, -0.15) is 4.31 Å². The largest absolute Gasteiger partial charge is 0.243 e. The van der Waals surface area contributed by atoms with Crippen molar-refractivity contribution in [3.05, 3.63) is 28.5 Å². The fourth-order valence-electron chi connectivity index (χ4n) is 1.18. The summed E-state index contributed by atoms with van der Waals surface area (Å²) in [5.41, 5.74) is 0. The van der Waals surface area contributed by atoms with Gasteiger partial charge in [0.2, 0.25) is 10.0 Å². The lowest BCUT2D eigenvalue weighted by atomic mass is 10.3. The molecule has 1 unspecified atom stereocenters. The zero-order valence-corrected chi connectivity index (χ0v) is 12.2. The summed E-state index contributed by atoms with van der Waals surface area (Å²) in [6.07, 6.45) is 0.313. The predicted molar refractivity (Wildman–Crippen MR) is 68.2 cm³/mol. The van der Waals surface area contributed by atoms with E-state index in [9.17, 15) is 12.8 Å². The standard InChI is InChI=1S/C9H12BrFNO2PS/c1-2-12(6-15)16(13,14)7-3-4-9(11)8(10)5-7/h3-5H,2,6,15H2,1H3. The van der Waals surface area contributed by atoms with Crippen molar-refractivity contribution in [3.8, 4) is 0 Å². The second-order valence-corrected chi connectivity index (χ2v) is 6.19. The van der Waals surface area contributed by atoms with E-state index in [2.05, 4.69) is 25.2 Å². The molecule has 7 heteroatoms. The maximum atomic E-state index is 13.0. The molecular formula is C9H12BrFNO2PS. The minimum Gasteiger partial charge on any atom is -0.207 e. The Morgan fingerprint density at radius 1 is 1.50 bits per heavy atom. The van der Waals surface area contributed by atoms with E-state index in [1.165, 1.54) is 16.4 Å². The molecule has 0 aliphatic rings. The first-order chi connectivity index (χ1) is 7.43. The molecule has 0 heterocycles. The van der Waals surface area contributed by atoms with Crippen LogP contribution >= 0.6 is 25.2 Å². The minimum atomic E-state index is -3.52. The van der Waals surface area contributed by atoms with Gasteiger partial charge in [0.15, 0.2) is 0 Å². The molecule has 0 bridgehead atoms. The van der Waals surface area contributed by atoms with Crippen LogP contribution in [-0.4, -0.2) is 25.6 Å². The molecule has 0 fully saturated rings. The van der Waals surface area contributed by atoms with Gasteiger partial charge in [-0.05, 0) is 34.1 Å². The van der Waals surface area contributed by atoms with Gasteiger partial charge in [-0.15, -0.1) is 9.24 Å². The lowest BCUT2D eigenvalue weighted by Crippen LogP contribution is -2.29. The van der Waals surface area contributed by atoms with E-state index >= 15 is 0 Å². The monoisotopic (exact) mass is 327 g/mol. The zero-order valence-electron chi connectivity index (χ0n) is 8.65. The van der Waals surface area contributed by atoms with Crippen molar-refractivity contribution >= 4 is 35.2 Å². The second-order valence-electron chi connectivity index (χ2n) is 3.03. The summed E-state index contributed by atoms with van der Waals surface area (Å²) in [7, 11) is -1.17. The van der Waals surface area contributed by atoms with Crippen LogP contribution in [-0.2, 0) is 10.0 Å². The average Bonchev–Trinajstić information content (AvgIpc) is 2.23. The fraction of sp³-hybridized carbons (Fsp3) is 0.333. The number of hydrogen-bond acceptors (Lipinski definition) is 2. The van der Waals surface area contributed by atoms with E-state index in [4.69, 9.17) is 0 Å². The Morgan fingerprint density at radius 3 is 2.56 bits per heavy atom. The SMILES string of the molecule is CCN(CP)S(=O)(=O)c1ccc(F)c(Br)c1. The Hall–Kier alpha value is -0.0300. The molecule has 0 amide bonds.